The number of halogens is 6. The van der Waals surface area contributed by atoms with Crippen molar-refractivity contribution in [2.75, 3.05) is 0 Å². The molecule has 0 radical (unpaired) electrons. The molecule has 0 aromatic heterocycles. The van der Waals surface area contributed by atoms with Gasteiger partial charge in [0.2, 0.25) is 0 Å². The van der Waals surface area contributed by atoms with Crippen LogP contribution in [-0.2, 0) is 10.8 Å². The fraction of sp³-hybridized carbons (Fsp3) is 0.500. The molecule has 0 amide bonds. The van der Waals surface area contributed by atoms with Gasteiger partial charge in [0.15, 0.2) is 24.1 Å². The van der Waals surface area contributed by atoms with Crippen LogP contribution in [0.2, 0.25) is 0 Å². The van der Waals surface area contributed by atoms with Crippen LogP contribution >= 0.6 is 24.1 Å². The van der Waals surface area contributed by atoms with Crippen molar-refractivity contribution in [1.82, 2.24) is 0 Å². The van der Waals surface area contributed by atoms with Crippen molar-refractivity contribution in [1.29, 1.82) is 0 Å². The topological polar surface area (TPSA) is 18.5 Å². The van der Waals surface area contributed by atoms with Gasteiger partial charge in [-0.15, -0.1) is 0 Å². The molecule has 0 spiro atoms. The predicted octanol–water partition coefficient (Wildman–Crippen LogP) is 8.57. The second-order valence-electron chi connectivity index (χ2n) is 9.80. The Bertz CT molecular complexity index is 926. The molecule has 34 heavy (non-hydrogen) atoms. The van der Waals surface area contributed by atoms with E-state index in [2.05, 4.69) is 0 Å². The Balaban J connectivity index is 1.36. The molecule has 4 saturated carbocycles. The van der Waals surface area contributed by atoms with E-state index >= 15 is 0 Å². The summed E-state index contributed by atoms with van der Waals surface area (Å²) in [5.74, 6) is 1.43. The van der Waals surface area contributed by atoms with Crippen LogP contribution in [-0.4, -0.2) is 11.0 Å². The Morgan fingerprint density at radius 2 is 0.971 bits per heavy atom. The number of hydrogen-bond donors (Lipinski definition) is 0. The highest BCUT2D eigenvalue weighted by Gasteiger charge is 2.58. The molecule has 4 bridgehead atoms. The Morgan fingerprint density at radius 1 is 0.618 bits per heavy atom. The summed E-state index contributed by atoms with van der Waals surface area (Å²) < 4.78 is 84.2. The third kappa shape index (κ3) is 4.98. The average molecular weight is 521 g/mol. The van der Waals surface area contributed by atoms with Gasteiger partial charge in [-0.2, -0.15) is 26.3 Å². The van der Waals surface area contributed by atoms with Gasteiger partial charge < -0.3 is 8.37 Å². The van der Waals surface area contributed by atoms with Crippen LogP contribution in [0.1, 0.15) is 49.7 Å². The highest BCUT2D eigenvalue weighted by Crippen LogP contribution is 2.66. The largest absolute Gasteiger partial charge is 0.479 e. The van der Waals surface area contributed by atoms with Crippen molar-refractivity contribution in [2.24, 2.45) is 11.8 Å². The molecule has 4 aliphatic rings. The van der Waals surface area contributed by atoms with E-state index in [1.54, 1.807) is 24.3 Å². The van der Waals surface area contributed by atoms with Gasteiger partial charge in [-0.3, -0.25) is 0 Å². The van der Waals surface area contributed by atoms with Gasteiger partial charge in [0, 0.05) is 0 Å². The smallest absolute Gasteiger partial charge is 0.417 e. The van der Waals surface area contributed by atoms with Crippen LogP contribution < -0.4 is 8.37 Å². The zero-order valence-electron chi connectivity index (χ0n) is 17.9. The predicted molar refractivity (Wildman–Crippen MR) is 119 cm³/mol. The van der Waals surface area contributed by atoms with Crippen molar-refractivity contribution < 1.29 is 34.7 Å². The third-order valence-corrected chi connectivity index (χ3v) is 8.39. The lowest BCUT2D eigenvalue weighted by Crippen LogP contribution is -2.55. The number of rotatable bonds is 6. The summed E-state index contributed by atoms with van der Waals surface area (Å²) in [6.07, 6.45) is 6.29. The minimum Gasteiger partial charge on any atom is -0.417 e. The lowest BCUT2D eigenvalue weighted by molar-refractivity contribution is -0.0377. The Morgan fingerprint density at radius 3 is 1.29 bits per heavy atom. The molecule has 2 aromatic carbocycles. The fourth-order valence-corrected chi connectivity index (χ4v) is 7.46. The lowest BCUT2D eigenvalue weighted by atomic mass is 9.42. The summed E-state index contributed by atoms with van der Waals surface area (Å²) in [5.41, 5.74) is -6.79. The molecule has 2 nitrogen and oxygen atoms in total. The average Bonchev–Trinajstić information content (AvgIpc) is 2.75. The minimum absolute atomic E-state index is 0.0545. The van der Waals surface area contributed by atoms with Crippen molar-refractivity contribution in [3.05, 3.63) is 59.7 Å². The van der Waals surface area contributed by atoms with E-state index in [0.717, 1.165) is 43.2 Å². The molecule has 0 N–H and O–H groups in total. The summed E-state index contributed by atoms with van der Waals surface area (Å²) >= 11 is -1.04. The van der Waals surface area contributed by atoms with Gasteiger partial charge in [-0.25, -0.2) is 0 Å². The summed E-state index contributed by atoms with van der Waals surface area (Å²) in [5, 5.41) is 0. The molecule has 0 unspecified atom stereocenters. The first-order valence-corrected chi connectivity index (χ1v) is 12.5. The van der Waals surface area contributed by atoms with Gasteiger partial charge in [0.25, 0.3) is 0 Å². The van der Waals surface area contributed by atoms with Crippen molar-refractivity contribution in [3.63, 3.8) is 0 Å². The first kappa shape index (κ1) is 24.0. The Labute approximate surface area is 202 Å². The normalized spacial score (nSPS) is 30.4. The van der Waals surface area contributed by atoms with E-state index in [9.17, 15) is 26.3 Å². The highest BCUT2D eigenvalue weighted by molar-refractivity contribution is 7.96. The molecule has 6 rings (SSSR count). The van der Waals surface area contributed by atoms with Crippen LogP contribution in [0.5, 0.6) is 11.5 Å². The van der Waals surface area contributed by atoms with Crippen molar-refractivity contribution in [2.45, 2.75) is 60.4 Å². The zero-order valence-corrected chi connectivity index (χ0v) is 19.5. The Hall–Kier alpha value is -1.68. The van der Waals surface area contributed by atoms with Gasteiger partial charge in [0.1, 0.15) is 11.5 Å². The van der Waals surface area contributed by atoms with Crippen LogP contribution in [0.25, 0.3) is 0 Å². The van der Waals surface area contributed by atoms with Gasteiger partial charge in [-0.1, -0.05) is 24.3 Å². The fourth-order valence-electron chi connectivity index (χ4n) is 6.86. The van der Waals surface area contributed by atoms with Crippen molar-refractivity contribution >= 4 is 24.1 Å². The van der Waals surface area contributed by atoms with E-state index in [1.807, 2.05) is 24.3 Å². The standard InChI is InChI=1S/C24H22F6O2S2/c25-23(26,27)33-31-19-5-1-17(2-6-19)21-10-15-9-16(11-21)13-22(12-15,14-21)18-3-7-20(8-4-18)32-34-24(28,29)30/h1-8,15-16H,9-14H2. The van der Waals surface area contributed by atoms with E-state index in [4.69, 9.17) is 8.37 Å². The van der Waals surface area contributed by atoms with Gasteiger partial charge in [0.05, 0.1) is 0 Å². The van der Waals surface area contributed by atoms with E-state index in [-0.39, 0.29) is 22.3 Å². The van der Waals surface area contributed by atoms with Crippen LogP contribution in [0.15, 0.2) is 48.5 Å². The maximum absolute atomic E-state index is 12.4. The Kier molecular flexibility index (Phi) is 5.98. The molecule has 10 heteroatoms. The zero-order chi connectivity index (χ0) is 24.2. The second kappa shape index (κ2) is 8.47. The molecule has 184 valence electrons. The van der Waals surface area contributed by atoms with E-state index in [1.165, 1.54) is 6.42 Å². The minimum atomic E-state index is -4.46. The molecule has 4 fully saturated rings. The van der Waals surface area contributed by atoms with Crippen LogP contribution in [0.3, 0.4) is 0 Å². The maximum Gasteiger partial charge on any atom is 0.479 e. The lowest BCUT2D eigenvalue weighted by Gasteiger charge is -2.62. The van der Waals surface area contributed by atoms with Crippen molar-refractivity contribution in [3.8, 4) is 11.5 Å². The summed E-state index contributed by atoms with van der Waals surface area (Å²) in [4.78, 5) is 0. The van der Waals surface area contributed by atoms with Gasteiger partial charge >= 0.3 is 11.0 Å². The van der Waals surface area contributed by atoms with Gasteiger partial charge in [-0.05, 0) is 96.6 Å². The SMILES string of the molecule is FC(F)(F)SOc1ccc(C23CC4CC(C2)CC(c2ccc(OSC(F)(F)F)cc2)(C4)C3)cc1. The molecular formula is C24H22F6O2S2. The molecular weight excluding hydrogens is 498 g/mol. The first-order valence-electron chi connectivity index (χ1n) is 11.0. The highest BCUT2D eigenvalue weighted by atomic mass is 32.2. The molecule has 0 aliphatic heterocycles. The molecule has 0 atom stereocenters. The summed E-state index contributed by atoms with van der Waals surface area (Å²) in [6, 6.07) is 14.0. The maximum atomic E-state index is 12.4. The molecule has 2 aromatic rings. The third-order valence-electron chi connectivity index (χ3n) is 7.46. The second-order valence-corrected chi connectivity index (χ2v) is 11.4. The van der Waals surface area contributed by atoms with Crippen LogP contribution in [0, 0.1) is 11.8 Å². The molecule has 0 heterocycles. The quantitative estimate of drug-likeness (QED) is 0.280. The number of benzene rings is 2. The van der Waals surface area contributed by atoms with Crippen LogP contribution in [0.4, 0.5) is 26.3 Å². The van der Waals surface area contributed by atoms with E-state index in [0.29, 0.717) is 11.8 Å². The van der Waals surface area contributed by atoms with E-state index < -0.39 is 35.1 Å². The molecule has 0 saturated heterocycles. The summed E-state index contributed by atoms with van der Waals surface area (Å²) in [6.45, 7) is 0. The first-order chi connectivity index (χ1) is 15.9. The number of alkyl halides is 6. The summed E-state index contributed by atoms with van der Waals surface area (Å²) in [7, 11) is 0. The monoisotopic (exact) mass is 520 g/mol. The number of hydrogen-bond acceptors (Lipinski definition) is 4. The molecule has 4 aliphatic carbocycles.